The van der Waals surface area contributed by atoms with E-state index in [1.165, 1.54) is 0 Å². The molecule has 1 amide bonds. The van der Waals surface area contributed by atoms with Crippen molar-refractivity contribution in [3.8, 4) is 0 Å². The number of carbonyl (C=O) groups excluding carboxylic acids is 1. The van der Waals surface area contributed by atoms with Crippen LogP contribution in [0.1, 0.15) is 36.7 Å². The van der Waals surface area contributed by atoms with E-state index in [-0.39, 0.29) is 30.4 Å². The highest BCUT2D eigenvalue weighted by Gasteiger charge is 2.32. The molecule has 2 N–H and O–H groups in total. The Kier molecular flexibility index (Phi) is 7.30. The lowest BCUT2D eigenvalue weighted by Crippen LogP contribution is -2.46. The Morgan fingerprint density at radius 3 is 3.13 bits per heavy atom. The Labute approximate surface area is 147 Å². The van der Waals surface area contributed by atoms with Crippen molar-refractivity contribution in [3.63, 3.8) is 0 Å². The largest absolute Gasteiger partial charge is 0.387 e. The Hall–Kier alpha value is -0.660. The summed E-state index contributed by atoms with van der Waals surface area (Å²) in [5.74, 6) is 0.184. The first-order valence-electron chi connectivity index (χ1n) is 8.06. The number of aliphatic hydroxyl groups is 1. The fraction of sp³-hybridized carbons (Fsp3) is 0.688. The van der Waals surface area contributed by atoms with Gasteiger partial charge in [-0.05, 0) is 30.7 Å². The molecule has 0 saturated carbocycles. The van der Waals surface area contributed by atoms with Gasteiger partial charge >= 0.3 is 0 Å². The summed E-state index contributed by atoms with van der Waals surface area (Å²) in [7, 11) is 0. The number of nitrogens with zero attached hydrogens (tertiary/aromatic N) is 1. The zero-order valence-corrected chi connectivity index (χ0v) is 14.8. The highest BCUT2D eigenvalue weighted by atomic mass is 35.5. The number of likely N-dealkylation sites (tertiary alicyclic amines) is 1. The number of morpholine rings is 1. The van der Waals surface area contributed by atoms with Crippen molar-refractivity contribution in [2.75, 3.05) is 26.3 Å². The molecule has 2 fully saturated rings. The van der Waals surface area contributed by atoms with Gasteiger partial charge in [0.2, 0.25) is 5.91 Å². The van der Waals surface area contributed by atoms with Gasteiger partial charge in [-0.1, -0.05) is 6.07 Å². The van der Waals surface area contributed by atoms with Crippen LogP contribution in [-0.4, -0.2) is 54.3 Å². The van der Waals surface area contributed by atoms with E-state index in [9.17, 15) is 9.90 Å². The smallest absolute Gasteiger partial charge is 0.224 e. The van der Waals surface area contributed by atoms with Crippen LogP contribution in [0.4, 0.5) is 0 Å². The first-order valence-corrected chi connectivity index (χ1v) is 8.94. The lowest BCUT2D eigenvalue weighted by Gasteiger charge is -2.29. The van der Waals surface area contributed by atoms with E-state index >= 15 is 0 Å². The van der Waals surface area contributed by atoms with Gasteiger partial charge < -0.3 is 20.1 Å². The fourth-order valence-electron chi connectivity index (χ4n) is 3.34. The molecular formula is C16H25ClN2O3S. The van der Waals surface area contributed by atoms with Crippen molar-refractivity contribution in [1.29, 1.82) is 0 Å². The molecule has 5 nitrogen and oxygen atoms in total. The third-order valence-corrected chi connectivity index (χ3v) is 5.46. The number of halogens is 1. The van der Waals surface area contributed by atoms with E-state index in [1.54, 1.807) is 11.3 Å². The predicted molar refractivity (Wildman–Crippen MR) is 93.1 cm³/mol. The van der Waals surface area contributed by atoms with E-state index in [1.807, 2.05) is 22.4 Å². The Bertz CT molecular complexity index is 480. The normalized spacial score (nSPS) is 25.9. The van der Waals surface area contributed by atoms with Crippen molar-refractivity contribution in [1.82, 2.24) is 10.2 Å². The summed E-state index contributed by atoms with van der Waals surface area (Å²) in [6.45, 7) is 2.97. The summed E-state index contributed by atoms with van der Waals surface area (Å²) in [5, 5.41) is 15.6. The molecule has 3 heterocycles. The van der Waals surface area contributed by atoms with Crippen molar-refractivity contribution in [3.05, 3.63) is 22.4 Å². The number of amides is 1. The minimum absolute atomic E-state index is 0. The van der Waals surface area contributed by atoms with E-state index in [2.05, 4.69) is 5.32 Å². The van der Waals surface area contributed by atoms with Gasteiger partial charge in [-0.25, -0.2) is 0 Å². The molecule has 3 atom stereocenters. The van der Waals surface area contributed by atoms with Crippen LogP contribution >= 0.6 is 23.7 Å². The van der Waals surface area contributed by atoms with Crippen LogP contribution in [-0.2, 0) is 9.53 Å². The standard InChI is InChI=1S/C16H24N2O3S.ClH/c19-14(15-4-2-8-22-15)10-13-3-1-6-18(13)16(20)9-12-11-21-7-5-17-12;/h2,4,8,12-14,17,19H,1,3,5-7,9-11H2;1H. The number of ether oxygens (including phenoxy) is 1. The Morgan fingerprint density at radius 2 is 2.43 bits per heavy atom. The maximum absolute atomic E-state index is 12.5. The number of thiophene rings is 1. The van der Waals surface area contributed by atoms with Gasteiger partial charge in [0.15, 0.2) is 0 Å². The third kappa shape index (κ3) is 4.90. The zero-order chi connectivity index (χ0) is 15.4. The third-order valence-electron chi connectivity index (χ3n) is 4.48. The van der Waals surface area contributed by atoms with Crippen molar-refractivity contribution in [2.45, 2.75) is 43.9 Å². The molecule has 2 aliphatic heterocycles. The summed E-state index contributed by atoms with van der Waals surface area (Å²) < 4.78 is 5.41. The molecular weight excluding hydrogens is 336 g/mol. The van der Waals surface area contributed by atoms with Gasteiger partial charge in [0.25, 0.3) is 0 Å². The van der Waals surface area contributed by atoms with E-state index in [0.29, 0.717) is 19.4 Å². The summed E-state index contributed by atoms with van der Waals surface area (Å²) in [6, 6.07) is 4.20. The zero-order valence-electron chi connectivity index (χ0n) is 13.1. The van der Waals surface area contributed by atoms with Gasteiger partial charge in [0.1, 0.15) is 0 Å². The molecule has 0 aliphatic carbocycles. The topological polar surface area (TPSA) is 61.8 Å². The molecule has 0 bridgehead atoms. The van der Waals surface area contributed by atoms with Crippen LogP contribution in [0.2, 0.25) is 0 Å². The summed E-state index contributed by atoms with van der Waals surface area (Å²) in [5.41, 5.74) is 0. The molecule has 0 spiro atoms. The average Bonchev–Trinajstić information content (AvgIpc) is 3.19. The molecule has 2 aliphatic rings. The Morgan fingerprint density at radius 1 is 1.57 bits per heavy atom. The van der Waals surface area contributed by atoms with E-state index < -0.39 is 6.10 Å². The van der Waals surface area contributed by atoms with Crippen LogP contribution in [0.25, 0.3) is 0 Å². The van der Waals surface area contributed by atoms with Gasteiger partial charge in [-0.2, -0.15) is 0 Å². The molecule has 1 aromatic heterocycles. The van der Waals surface area contributed by atoms with Gasteiger partial charge in [-0.3, -0.25) is 4.79 Å². The fourth-order valence-corrected chi connectivity index (χ4v) is 4.07. The minimum Gasteiger partial charge on any atom is -0.387 e. The SMILES string of the molecule is Cl.O=C(CC1COCCN1)N1CCCC1CC(O)c1cccs1. The number of carbonyl (C=O) groups is 1. The molecule has 0 aromatic carbocycles. The lowest BCUT2D eigenvalue weighted by molar-refractivity contribution is -0.133. The van der Waals surface area contributed by atoms with Crippen LogP contribution in [0.3, 0.4) is 0 Å². The molecule has 3 unspecified atom stereocenters. The van der Waals surface area contributed by atoms with Gasteiger partial charge in [-0.15, -0.1) is 23.7 Å². The van der Waals surface area contributed by atoms with Crippen LogP contribution in [0.5, 0.6) is 0 Å². The number of rotatable bonds is 5. The first kappa shape index (κ1) is 18.7. The predicted octanol–water partition coefficient (Wildman–Crippen LogP) is 1.96. The second-order valence-electron chi connectivity index (χ2n) is 6.08. The van der Waals surface area contributed by atoms with Crippen molar-refractivity contribution < 1.29 is 14.6 Å². The van der Waals surface area contributed by atoms with Crippen molar-refractivity contribution in [2.24, 2.45) is 0 Å². The first-order chi connectivity index (χ1) is 10.7. The molecule has 23 heavy (non-hydrogen) atoms. The average molecular weight is 361 g/mol. The number of nitrogens with one attached hydrogen (secondary N) is 1. The molecule has 2 saturated heterocycles. The maximum atomic E-state index is 12.5. The highest BCUT2D eigenvalue weighted by molar-refractivity contribution is 7.10. The summed E-state index contributed by atoms with van der Waals surface area (Å²) in [6.07, 6.45) is 2.69. The van der Waals surface area contributed by atoms with Crippen molar-refractivity contribution >= 4 is 29.7 Å². The van der Waals surface area contributed by atoms with Crippen LogP contribution < -0.4 is 5.32 Å². The maximum Gasteiger partial charge on any atom is 0.224 e. The molecule has 3 rings (SSSR count). The van der Waals surface area contributed by atoms with Gasteiger partial charge in [0.05, 0.1) is 19.3 Å². The second kappa shape index (κ2) is 8.99. The summed E-state index contributed by atoms with van der Waals surface area (Å²) >= 11 is 1.57. The number of aliphatic hydroxyl groups excluding tert-OH is 1. The molecule has 1 aromatic rings. The van der Waals surface area contributed by atoms with Gasteiger partial charge in [0, 0.05) is 36.5 Å². The van der Waals surface area contributed by atoms with E-state index in [4.69, 9.17) is 4.74 Å². The molecule has 7 heteroatoms. The lowest BCUT2D eigenvalue weighted by atomic mass is 10.0. The number of hydrogen-bond acceptors (Lipinski definition) is 5. The number of hydrogen-bond donors (Lipinski definition) is 2. The minimum atomic E-state index is -0.463. The van der Waals surface area contributed by atoms with Crippen LogP contribution in [0.15, 0.2) is 17.5 Å². The van der Waals surface area contributed by atoms with Crippen LogP contribution in [0, 0.1) is 0 Å². The second-order valence-corrected chi connectivity index (χ2v) is 7.06. The molecule has 130 valence electrons. The Balaban J connectivity index is 0.00000192. The highest BCUT2D eigenvalue weighted by Crippen LogP contribution is 2.30. The van der Waals surface area contributed by atoms with E-state index in [0.717, 1.165) is 37.4 Å². The summed E-state index contributed by atoms with van der Waals surface area (Å²) in [4.78, 5) is 15.5. The quantitative estimate of drug-likeness (QED) is 0.842. The molecule has 0 radical (unpaired) electrons. The monoisotopic (exact) mass is 360 g/mol.